The highest BCUT2D eigenvalue weighted by molar-refractivity contribution is 7.18. The van der Waals surface area contributed by atoms with Gasteiger partial charge >= 0.3 is 5.69 Å². The van der Waals surface area contributed by atoms with Crippen LogP contribution in [0.25, 0.3) is 10.2 Å². The van der Waals surface area contributed by atoms with E-state index in [0.717, 1.165) is 34.3 Å². The van der Waals surface area contributed by atoms with Crippen molar-refractivity contribution in [3.05, 3.63) is 98.0 Å². The van der Waals surface area contributed by atoms with Crippen molar-refractivity contribution in [2.75, 3.05) is 4.90 Å². The Morgan fingerprint density at radius 3 is 2.41 bits per heavy atom. The van der Waals surface area contributed by atoms with Gasteiger partial charge in [-0.15, -0.1) is 11.3 Å². The van der Waals surface area contributed by atoms with Crippen LogP contribution in [-0.2, 0) is 24.3 Å². The van der Waals surface area contributed by atoms with Crippen LogP contribution in [0.15, 0.2) is 76.3 Å². The van der Waals surface area contributed by atoms with E-state index < -0.39 is 11.2 Å². The molecule has 0 saturated heterocycles. The summed E-state index contributed by atoms with van der Waals surface area (Å²) < 4.78 is 1.00. The third kappa shape index (κ3) is 4.73. The van der Waals surface area contributed by atoms with Crippen molar-refractivity contribution >= 4 is 33.1 Å². The van der Waals surface area contributed by atoms with Crippen LogP contribution in [0.2, 0.25) is 0 Å². The molecule has 2 aromatic carbocycles. The number of amides is 1. The highest BCUT2D eigenvalue weighted by Gasteiger charge is 2.20. The van der Waals surface area contributed by atoms with Crippen LogP contribution in [0.1, 0.15) is 30.2 Å². The third-order valence-electron chi connectivity index (χ3n) is 5.35. The first-order valence-electron chi connectivity index (χ1n) is 10.7. The minimum absolute atomic E-state index is 0.326. The van der Waals surface area contributed by atoms with Crippen LogP contribution >= 0.6 is 11.3 Å². The molecule has 0 spiro atoms. The van der Waals surface area contributed by atoms with Crippen molar-refractivity contribution < 1.29 is 4.79 Å². The van der Waals surface area contributed by atoms with Gasteiger partial charge in [-0.05, 0) is 36.6 Å². The first-order chi connectivity index (χ1) is 15.6. The van der Waals surface area contributed by atoms with E-state index in [9.17, 15) is 14.4 Å². The summed E-state index contributed by atoms with van der Waals surface area (Å²) in [6, 6.07) is 20.8. The molecule has 2 heterocycles. The number of nitrogens with zero attached hydrogens (tertiary/aromatic N) is 2. The number of benzene rings is 2. The van der Waals surface area contributed by atoms with Gasteiger partial charge in [-0.2, -0.15) is 0 Å². The number of aryl methyl sites for hydroxylation is 1. The van der Waals surface area contributed by atoms with E-state index in [-0.39, 0.29) is 12.5 Å². The van der Waals surface area contributed by atoms with Crippen LogP contribution in [-0.4, -0.2) is 15.5 Å². The molecule has 7 heteroatoms. The Labute approximate surface area is 189 Å². The molecule has 0 saturated carbocycles. The second-order valence-corrected chi connectivity index (χ2v) is 8.82. The summed E-state index contributed by atoms with van der Waals surface area (Å²) in [5.74, 6) is -0.326. The molecule has 0 aliphatic rings. The van der Waals surface area contributed by atoms with Crippen molar-refractivity contribution in [3.63, 3.8) is 0 Å². The number of anilines is 1. The van der Waals surface area contributed by atoms with E-state index >= 15 is 0 Å². The molecule has 0 bridgehead atoms. The first kappa shape index (κ1) is 21.8. The molecule has 0 radical (unpaired) electrons. The number of aromatic nitrogens is 2. The topological polar surface area (TPSA) is 75.2 Å². The largest absolute Gasteiger partial charge is 0.329 e. The van der Waals surface area contributed by atoms with Gasteiger partial charge in [-0.1, -0.05) is 61.9 Å². The number of hydrogen-bond donors (Lipinski definition) is 1. The number of fused-ring (bicyclic) bond motifs is 1. The van der Waals surface area contributed by atoms with Crippen LogP contribution in [0.5, 0.6) is 0 Å². The number of rotatable bonds is 8. The Morgan fingerprint density at radius 1 is 1.03 bits per heavy atom. The molecule has 0 aliphatic carbocycles. The molecule has 0 fully saturated rings. The maximum atomic E-state index is 13.3. The fourth-order valence-corrected chi connectivity index (χ4v) is 4.71. The lowest BCUT2D eigenvalue weighted by Crippen LogP contribution is -2.42. The normalized spacial score (nSPS) is 11.0. The molecule has 0 atom stereocenters. The number of nitrogens with one attached hydrogen (secondary N) is 1. The highest BCUT2D eigenvalue weighted by Crippen LogP contribution is 2.22. The quantitative estimate of drug-likeness (QED) is 0.437. The first-order valence-corrected chi connectivity index (χ1v) is 11.5. The predicted octanol–water partition coefficient (Wildman–Crippen LogP) is 4.33. The molecule has 2 aromatic heterocycles. The number of thiophene rings is 1. The average Bonchev–Trinajstić information content (AvgIpc) is 3.23. The molecule has 4 aromatic rings. The predicted molar refractivity (Wildman–Crippen MR) is 129 cm³/mol. The Hall–Kier alpha value is -3.45. The zero-order valence-electron chi connectivity index (χ0n) is 17.9. The summed E-state index contributed by atoms with van der Waals surface area (Å²) in [5.41, 5.74) is 0.681. The summed E-state index contributed by atoms with van der Waals surface area (Å²) in [4.78, 5) is 45.1. The van der Waals surface area contributed by atoms with Crippen molar-refractivity contribution in [2.24, 2.45) is 0 Å². The average molecular weight is 448 g/mol. The van der Waals surface area contributed by atoms with E-state index in [1.807, 2.05) is 66.7 Å². The summed E-state index contributed by atoms with van der Waals surface area (Å²) in [6.45, 7) is 2.13. The number of H-pyrrole nitrogens is 1. The van der Waals surface area contributed by atoms with Gasteiger partial charge in [0.15, 0.2) is 0 Å². The summed E-state index contributed by atoms with van der Waals surface area (Å²) in [7, 11) is 0. The molecule has 0 unspecified atom stereocenters. The van der Waals surface area contributed by atoms with Gasteiger partial charge in [0.05, 0.1) is 11.9 Å². The van der Waals surface area contributed by atoms with E-state index in [1.165, 1.54) is 11.3 Å². The smallest absolute Gasteiger partial charge is 0.306 e. The number of aromatic amines is 1. The maximum Gasteiger partial charge on any atom is 0.329 e. The van der Waals surface area contributed by atoms with E-state index in [1.54, 1.807) is 4.90 Å². The van der Waals surface area contributed by atoms with Gasteiger partial charge in [0.2, 0.25) is 5.91 Å². The Balaban J connectivity index is 1.67. The lowest BCUT2D eigenvalue weighted by Gasteiger charge is -2.23. The van der Waals surface area contributed by atoms with Crippen LogP contribution in [0.4, 0.5) is 5.69 Å². The zero-order valence-corrected chi connectivity index (χ0v) is 18.7. The maximum absolute atomic E-state index is 13.3. The minimum Gasteiger partial charge on any atom is -0.306 e. The van der Waals surface area contributed by atoms with E-state index in [2.05, 4.69) is 11.9 Å². The SMILES string of the molecule is CCCCc1cc2c(=O)n(CC(=O)N(Cc3ccccc3)c3ccccc3)c(=O)[nH]c2s1. The molecule has 1 amide bonds. The number of carbonyl (C=O) groups is 1. The molecule has 4 rings (SSSR count). The summed E-state index contributed by atoms with van der Waals surface area (Å²) in [5, 5.41) is 0.461. The fourth-order valence-electron chi connectivity index (χ4n) is 3.63. The molecule has 32 heavy (non-hydrogen) atoms. The van der Waals surface area contributed by atoms with Gasteiger partial charge in [-0.3, -0.25) is 19.1 Å². The standard InChI is InChI=1S/C25H25N3O3S/c1-2-3-14-20-15-21-23(32-20)26-25(31)28(24(21)30)17-22(29)27(19-12-8-5-9-13-19)16-18-10-6-4-7-11-18/h4-13,15H,2-3,14,16-17H2,1H3,(H,26,31). The molecule has 0 aliphatic heterocycles. The molecular weight excluding hydrogens is 422 g/mol. The molecule has 6 nitrogen and oxygen atoms in total. The number of carbonyl (C=O) groups excluding carboxylic acids is 1. The van der Waals surface area contributed by atoms with Crippen LogP contribution in [0, 0.1) is 0 Å². The lowest BCUT2D eigenvalue weighted by molar-refractivity contribution is -0.119. The Kier molecular flexibility index (Phi) is 6.66. The second kappa shape index (κ2) is 9.78. The third-order valence-corrected chi connectivity index (χ3v) is 6.46. The van der Waals surface area contributed by atoms with Crippen molar-refractivity contribution in [1.29, 1.82) is 0 Å². The summed E-state index contributed by atoms with van der Waals surface area (Å²) in [6.07, 6.45) is 2.95. The number of para-hydroxylation sites is 1. The Morgan fingerprint density at radius 2 is 1.72 bits per heavy atom. The molecular formula is C25H25N3O3S. The Bertz CT molecular complexity index is 1320. The zero-order chi connectivity index (χ0) is 22.5. The van der Waals surface area contributed by atoms with Gasteiger partial charge in [0.1, 0.15) is 11.4 Å². The van der Waals surface area contributed by atoms with Gasteiger partial charge in [-0.25, -0.2) is 4.79 Å². The monoisotopic (exact) mass is 447 g/mol. The fraction of sp³-hybridized carbons (Fsp3) is 0.240. The van der Waals surface area contributed by atoms with Gasteiger partial charge in [0.25, 0.3) is 5.56 Å². The second-order valence-electron chi connectivity index (χ2n) is 7.68. The number of hydrogen-bond acceptors (Lipinski definition) is 4. The van der Waals surface area contributed by atoms with Gasteiger partial charge in [0, 0.05) is 10.6 Å². The van der Waals surface area contributed by atoms with E-state index in [0.29, 0.717) is 22.4 Å². The van der Waals surface area contributed by atoms with Crippen molar-refractivity contribution in [1.82, 2.24) is 9.55 Å². The summed E-state index contributed by atoms with van der Waals surface area (Å²) >= 11 is 1.43. The van der Waals surface area contributed by atoms with Crippen molar-refractivity contribution in [2.45, 2.75) is 39.3 Å². The minimum atomic E-state index is -0.563. The number of unbranched alkanes of at least 4 members (excludes halogenated alkanes) is 1. The molecule has 164 valence electrons. The molecule has 1 N–H and O–H groups in total. The van der Waals surface area contributed by atoms with Gasteiger partial charge < -0.3 is 4.90 Å². The van der Waals surface area contributed by atoms with Crippen LogP contribution in [0.3, 0.4) is 0 Å². The van der Waals surface area contributed by atoms with Crippen LogP contribution < -0.4 is 16.1 Å². The lowest BCUT2D eigenvalue weighted by atomic mass is 10.2. The van der Waals surface area contributed by atoms with Crippen molar-refractivity contribution in [3.8, 4) is 0 Å². The highest BCUT2D eigenvalue weighted by atomic mass is 32.1. The van der Waals surface area contributed by atoms with E-state index in [4.69, 9.17) is 0 Å².